The Balaban J connectivity index is 2.01. The minimum absolute atomic E-state index is 0.0947. The van der Waals surface area contributed by atoms with Crippen LogP contribution in [0.1, 0.15) is 51.3 Å². The Hall–Kier alpha value is -0.870. The lowest BCUT2D eigenvalue weighted by Crippen LogP contribution is -2.32. The van der Waals surface area contributed by atoms with Gasteiger partial charge in [-0.25, -0.2) is 8.42 Å². The summed E-state index contributed by atoms with van der Waals surface area (Å²) >= 11 is 0. The van der Waals surface area contributed by atoms with E-state index < -0.39 is 9.84 Å². The Morgan fingerprint density at radius 2 is 1.80 bits per heavy atom. The summed E-state index contributed by atoms with van der Waals surface area (Å²) in [4.78, 5) is 0. The quantitative estimate of drug-likeness (QED) is 0.932. The summed E-state index contributed by atoms with van der Waals surface area (Å²) in [5.41, 5.74) is 2.69. The third-order valence-corrected chi connectivity index (χ3v) is 5.76. The summed E-state index contributed by atoms with van der Waals surface area (Å²) in [7, 11) is -2.81. The molecule has 1 aliphatic heterocycles. The molecule has 0 saturated carbocycles. The number of hydrogen-bond donors (Lipinski definition) is 1. The van der Waals surface area contributed by atoms with Crippen LogP contribution >= 0.6 is 0 Å². The summed E-state index contributed by atoms with van der Waals surface area (Å²) in [6.45, 7) is 8.70. The van der Waals surface area contributed by atoms with Gasteiger partial charge < -0.3 is 5.32 Å². The molecule has 2 unspecified atom stereocenters. The number of nitrogens with one attached hydrogen (secondary N) is 1. The molecule has 2 rings (SSSR count). The lowest BCUT2D eigenvalue weighted by molar-refractivity contribution is 0.484. The minimum atomic E-state index is -2.81. The minimum Gasteiger partial charge on any atom is -0.306 e. The second kappa shape index (κ2) is 5.49. The highest BCUT2D eigenvalue weighted by Crippen LogP contribution is 2.24. The Kier molecular flexibility index (Phi) is 4.26. The molecule has 1 aromatic carbocycles. The van der Waals surface area contributed by atoms with Gasteiger partial charge in [-0.15, -0.1) is 0 Å². The molecule has 1 aliphatic rings. The van der Waals surface area contributed by atoms with Crippen molar-refractivity contribution in [2.75, 3.05) is 11.5 Å². The molecule has 0 radical (unpaired) electrons. The normalized spacial score (nSPS) is 23.7. The Labute approximate surface area is 122 Å². The van der Waals surface area contributed by atoms with Crippen LogP contribution in [0.4, 0.5) is 0 Å². The molecule has 20 heavy (non-hydrogen) atoms. The molecule has 0 aromatic heterocycles. The highest BCUT2D eigenvalue weighted by molar-refractivity contribution is 7.91. The van der Waals surface area contributed by atoms with Crippen LogP contribution in [0.25, 0.3) is 0 Å². The van der Waals surface area contributed by atoms with Crippen molar-refractivity contribution in [1.29, 1.82) is 0 Å². The maximum Gasteiger partial charge on any atom is 0.151 e. The van der Waals surface area contributed by atoms with Gasteiger partial charge in [0.1, 0.15) is 0 Å². The van der Waals surface area contributed by atoms with E-state index in [9.17, 15) is 8.42 Å². The first kappa shape index (κ1) is 15.5. The Bertz CT molecular complexity index is 555. The smallest absolute Gasteiger partial charge is 0.151 e. The number of rotatable bonds is 3. The Morgan fingerprint density at radius 1 is 1.20 bits per heavy atom. The van der Waals surface area contributed by atoms with E-state index in [0.717, 1.165) is 6.42 Å². The molecule has 1 fully saturated rings. The molecular formula is C16H25NO2S. The number of sulfone groups is 1. The lowest BCUT2D eigenvalue weighted by atomic mass is 9.86. The molecule has 2 atom stereocenters. The van der Waals surface area contributed by atoms with E-state index in [-0.39, 0.29) is 23.3 Å². The van der Waals surface area contributed by atoms with Crippen molar-refractivity contribution in [1.82, 2.24) is 5.32 Å². The Morgan fingerprint density at radius 3 is 2.25 bits per heavy atom. The fraction of sp³-hybridized carbons (Fsp3) is 0.625. The first-order valence-electron chi connectivity index (χ1n) is 7.24. The molecule has 3 nitrogen and oxygen atoms in total. The van der Waals surface area contributed by atoms with Crippen molar-refractivity contribution in [2.24, 2.45) is 0 Å². The van der Waals surface area contributed by atoms with Crippen molar-refractivity contribution >= 4 is 9.84 Å². The maximum atomic E-state index is 11.5. The van der Waals surface area contributed by atoms with Crippen LogP contribution in [-0.4, -0.2) is 26.0 Å². The van der Waals surface area contributed by atoms with Gasteiger partial charge in [0, 0.05) is 12.1 Å². The first-order chi connectivity index (χ1) is 9.17. The van der Waals surface area contributed by atoms with Crippen LogP contribution in [-0.2, 0) is 15.3 Å². The standard InChI is InChI=1S/C16H25NO2S/c1-12(17-15-9-10-20(18,19)11-15)13-5-7-14(8-6-13)16(2,3)4/h5-8,12,15,17H,9-11H2,1-4H3. The lowest BCUT2D eigenvalue weighted by Gasteiger charge is -2.22. The van der Waals surface area contributed by atoms with E-state index in [2.05, 4.69) is 57.3 Å². The van der Waals surface area contributed by atoms with E-state index in [0.29, 0.717) is 5.75 Å². The van der Waals surface area contributed by atoms with Gasteiger partial charge in [-0.1, -0.05) is 45.0 Å². The summed E-state index contributed by atoms with van der Waals surface area (Å²) in [6.07, 6.45) is 0.729. The van der Waals surface area contributed by atoms with Gasteiger partial charge in [-0.2, -0.15) is 0 Å². The molecular weight excluding hydrogens is 270 g/mol. The zero-order chi connectivity index (χ0) is 15.0. The predicted molar refractivity (Wildman–Crippen MR) is 83.8 cm³/mol. The zero-order valence-electron chi connectivity index (χ0n) is 12.8. The van der Waals surface area contributed by atoms with Crippen LogP contribution < -0.4 is 5.32 Å². The number of hydrogen-bond acceptors (Lipinski definition) is 3. The van der Waals surface area contributed by atoms with Gasteiger partial charge in [0.2, 0.25) is 0 Å². The van der Waals surface area contributed by atoms with Gasteiger partial charge in [0.25, 0.3) is 0 Å². The van der Waals surface area contributed by atoms with Crippen LogP contribution in [0.2, 0.25) is 0 Å². The van der Waals surface area contributed by atoms with Gasteiger partial charge in [-0.05, 0) is 29.9 Å². The van der Waals surface area contributed by atoms with Crippen molar-refractivity contribution in [2.45, 2.75) is 51.6 Å². The summed E-state index contributed by atoms with van der Waals surface area (Å²) in [5, 5.41) is 3.43. The highest BCUT2D eigenvalue weighted by atomic mass is 32.2. The molecule has 1 saturated heterocycles. The predicted octanol–water partition coefficient (Wildman–Crippen LogP) is 2.82. The van der Waals surface area contributed by atoms with Crippen LogP contribution in [0, 0.1) is 0 Å². The molecule has 112 valence electrons. The van der Waals surface area contributed by atoms with Crippen LogP contribution in [0.3, 0.4) is 0 Å². The fourth-order valence-corrected chi connectivity index (χ4v) is 4.33. The average molecular weight is 295 g/mol. The molecule has 1 aromatic rings. The van der Waals surface area contributed by atoms with Gasteiger partial charge in [0.05, 0.1) is 11.5 Å². The van der Waals surface area contributed by atoms with Crippen molar-refractivity contribution in [3.8, 4) is 0 Å². The van der Waals surface area contributed by atoms with Crippen molar-refractivity contribution in [3.63, 3.8) is 0 Å². The summed E-state index contributed by atoms with van der Waals surface area (Å²) in [6, 6.07) is 8.89. The molecule has 0 aliphatic carbocycles. The van der Waals surface area contributed by atoms with Crippen LogP contribution in [0.5, 0.6) is 0 Å². The monoisotopic (exact) mass is 295 g/mol. The number of benzene rings is 1. The molecule has 1 heterocycles. The van der Waals surface area contributed by atoms with E-state index in [1.54, 1.807) is 0 Å². The largest absolute Gasteiger partial charge is 0.306 e. The van der Waals surface area contributed by atoms with E-state index in [1.807, 2.05) is 0 Å². The first-order valence-corrected chi connectivity index (χ1v) is 9.06. The van der Waals surface area contributed by atoms with E-state index in [1.165, 1.54) is 11.1 Å². The zero-order valence-corrected chi connectivity index (χ0v) is 13.6. The molecule has 0 spiro atoms. The molecule has 0 amide bonds. The molecule has 1 N–H and O–H groups in total. The van der Waals surface area contributed by atoms with Gasteiger partial charge >= 0.3 is 0 Å². The second-order valence-electron chi connectivity index (χ2n) is 6.86. The summed E-state index contributed by atoms with van der Waals surface area (Å²) in [5.74, 6) is 0.595. The van der Waals surface area contributed by atoms with Crippen molar-refractivity contribution in [3.05, 3.63) is 35.4 Å². The topological polar surface area (TPSA) is 46.2 Å². The SMILES string of the molecule is CC(NC1CCS(=O)(=O)C1)c1ccc(C(C)(C)C)cc1. The van der Waals surface area contributed by atoms with Crippen molar-refractivity contribution < 1.29 is 8.42 Å². The van der Waals surface area contributed by atoms with Gasteiger partial charge in [-0.3, -0.25) is 0 Å². The second-order valence-corrected chi connectivity index (χ2v) is 9.09. The van der Waals surface area contributed by atoms with E-state index in [4.69, 9.17) is 0 Å². The van der Waals surface area contributed by atoms with Gasteiger partial charge in [0.15, 0.2) is 9.84 Å². The van der Waals surface area contributed by atoms with Crippen LogP contribution in [0.15, 0.2) is 24.3 Å². The highest BCUT2D eigenvalue weighted by Gasteiger charge is 2.28. The third-order valence-electron chi connectivity index (χ3n) is 3.99. The maximum absolute atomic E-state index is 11.5. The third kappa shape index (κ3) is 3.83. The average Bonchev–Trinajstić information content (AvgIpc) is 2.67. The summed E-state index contributed by atoms with van der Waals surface area (Å²) < 4.78 is 22.9. The fourth-order valence-electron chi connectivity index (χ4n) is 2.65. The van der Waals surface area contributed by atoms with E-state index >= 15 is 0 Å². The molecule has 0 bridgehead atoms. The molecule has 4 heteroatoms.